The van der Waals surface area contributed by atoms with Gasteiger partial charge in [-0.2, -0.15) is 4.52 Å². The molecule has 0 spiro atoms. The fourth-order valence-corrected chi connectivity index (χ4v) is 3.34. The summed E-state index contributed by atoms with van der Waals surface area (Å²) in [5.74, 6) is 2.80. The second kappa shape index (κ2) is 10.5. The van der Waals surface area contributed by atoms with E-state index in [9.17, 15) is 4.79 Å². The number of fused-ring (bicyclic) bond motifs is 1. The minimum atomic E-state index is -0.0927. The highest BCUT2D eigenvalue weighted by atomic mass is 16.5. The van der Waals surface area contributed by atoms with Gasteiger partial charge in [0.1, 0.15) is 23.9 Å². The standard InChI is InChI=1S/C24H25N5O5/c1-31-17-6-4-16(5-7-17)14-22(30)25-12-13-34-23-11-10-21-26-27-24(29(21)28-23)19-9-8-18(32-2)15-20(19)33-3/h4-11,15H,12-14H2,1-3H3,(H,25,30). The van der Waals surface area contributed by atoms with E-state index in [1.54, 1.807) is 44.0 Å². The number of carbonyl (C=O) groups excluding carboxylic acids is 1. The van der Waals surface area contributed by atoms with Crippen molar-refractivity contribution < 1.29 is 23.7 Å². The van der Waals surface area contributed by atoms with Crippen molar-refractivity contribution in [3.63, 3.8) is 0 Å². The lowest BCUT2D eigenvalue weighted by molar-refractivity contribution is -0.120. The van der Waals surface area contributed by atoms with Crippen LogP contribution in [0.3, 0.4) is 0 Å². The van der Waals surface area contributed by atoms with Gasteiger partial charge < -0.3 is 24.3 Å². The molecule has 0 saturated carbocycles. The first kappa shape index (κ1) is 22.8. The van der Waals surface area contributed by atoms with E-state index >= 15 is 0 Å². The summed E-state index contributed by atoms with van der Waals surface area (Å²) >= 11 is 0. The number of carbonyl (C=O) groups is 1. The van der Waals surface area contributed by atoms with Gasteiger partial charge in [-0.1, -0.05) is 12.1 Å². The maximum Gasteiger partial charge on any atom is 0.231 e. The first-order valence-corrected chi connectivity index (χ1v) is 10.6. The average Bonchev–Trinajstić information content (AvgIpc) is 3.29. The molecule has 10 heteroatoms. The molecule has 0 aliphatic rings. The van der Waals surface area contributed by atoms with E-state index in [-0.39, 0.29) is 18.9 Å². The Morgan fingerprint density at radius 3 is 2.41 bits per heavy atom. The van der Waals surface area contributed by atoms with Crippen molar-refractivity contribution in [2.45, 2.75) is 6.42 Å². The van der Waals surface area contributed by atoms with Crippen molar-refractivity contribution in [1.82, 2.24) is 25.1 Å². The number of benzene rings is 2. The summed E-state index contributed by atoms with van der Waals surface area (Å²) in [5, 5.41) is 15.7. The number of methoxy groups -OCH3 is 3. The van der Waals surface area contributed by atoms with Gasteiger partial charge in [0.2, 0.25) is 11.8 Å². The van der Waals surface area contributed by atoms with Crippen molar-refractivity contribution in [3.05, 3.63) is 60.2 Å². The van der Waals surface area contributed by atoms with Crippen LogP contribution in [0.15, 0.2) is 54.6 Å². The summed E-state index contributed by atoms with van der Waals surface area (Å²) in [7, 11) is 4.77. The molecule has 0 bridgehead atoms. The highest BCUT2D eigenvalue weighted by molar-refractivity contribution is 5.78. The summed E-state index contributed by atoms with van der Waals surface area (Å²) in [6.45, 7) is 0.603. The monoisotopic (exact) mass is 463 g/mol. The minimum Gasteiger partial charge on any atom is -0.497 e. The zero-order valence-electron chi connectivity index (χ0n) is 19.1. The Bertz CT molecular complexity index is 1270. The highest BCUT2D eigenvalue weighted by Crippen LogP contribution is 2.32. The lowest BCUT2D eigenvalue weighted by atomic mass is 10.1. The van der Waals surface area contributed by atoms with Crippen molar-refractivity contribution in [1.29, 1.82) is 0 Å². The number of amides is 1. The van der Waals surface area contributed by atoms with Gasteiger partial charge in [0, 0.05) is 12.1 Å². The van der Waals surface area contributed by atoms with E-state index in [0.29, 0.717) is 41.0 Å². The smallest absolute Gasteiger partial charge is 0.231 e. The maximum absolute atomic E-state index is 12.2. The fourth-order valence-electron chi connectivity index (χ4n) is 3.34. The van der Waals surface area contributed by atoms with Gasteiger partial charge in [-0.15, -0.1) is 15.3 Å². The summed E-state index contributed by atoms with van der Waals surface area (Å²) in [4.78, 5) is 12.2. The molecule has 0 fully saturated rings. The van der Waals surface area contributed by atoms with Gasteiger partial charge in [0.25, 0.3) is 0 Å². The van der Waals surface area contributed by atoms with Crippen LogP contribution in [0.2, 0.25) is 0 Å². The van der Waals surface area contributed by atoms with E-state index in [0.717, 1.165) is 11.3 Å². The van der Waals surface area contributed by atoms with Crippen LogP contribution in [0.25, 0.3) is 17.0 Å². The molecule has 0 aliphatic heterocycles. The number of nitrogens with zero attached hydrogens (tertiary/aromatic N) is 4. The Labute approximate surface area is 196 Å². The molecule has 0 radical (unpaired) electrons. The number of hydrogen-bond acceptors (Lipinski definition) is 8. The van der Waals surface area contributed by atoms with E-state index < -0.39 is 0 Å². The third-order valence-corrected chi connectivity index (χ3v) is 5.09. The normalized spacial score (nSPS) is 10.7. The molecule has 0 saturated heterocycles. The SMILES string of the molecule is COc1ccc(CC(=O)NCCOc2ccc3nnc(-c4ccc(OC)cc4OC)n3n2)cc1. The summed E-state index contributed by atoms with van der Waals surface area (Å²) in [6.07, 6.45) is 0.280. The Morgan fingerprint density at radius 2 is 1.68 bits per heavy atom. The number of hydrogen-bond donors (Lipinski definition) is 1. The van der Waals surface area contributed by atoms with Crippen LogP contribution in [0, 0.1) is 0 Å². The van der Waals surface area contributed by atoms with E-state index in [2.05, 4.69) is 20.6 Å². The first-order valence-electron chi connectivity index (χ1n) is 10.6. The van der Waals surface area contributed by atoms with Gasteiger partial charge in [0.05, 0.1) is 39.9 Å². The molecule has 2 heterocycles. The molecule has 2 aromatic carbocycles. The molecule has 0 atom stereocenters. The van der Waals surface area contributed by atoms with Crippen LogP contribution < -0.4 is 24.3 Å². The van der Waals surface area contributed by atoms with Crippen LogP contribution in [0.4, 0.5) is 0 Å². The van der Waals surface area contributed by atoms with Crippen molar-refractivity contribution in [3.8, 4) is 34.5 Å². The van der Waals surface area contributed by atoms with Crippen LogP contribution in [-0.4, -0.2) is 60.2 Å². The van der Waals surface area contributed by atoms with Crippen molar-refractivity contribution in [2.75, 3.05) is 34.5 Å². The average molecular weight is 463 g/mol. The zero-order valence-corrected chi connectivity index (χ0v) is 19.1. The Hall–Kier alpha value is -4.34. The molecule has 1 amide bonds. The number of nitrogens with one attached hydrogen (secondary N) is 1. The lowest BCUT2D eigenvalue weighted by Crippen LogP contribution is -2.29. The molecule has 34 heavy (non-hydrogen) atoms. The van der Waals surface area contributed by atoms with Crippen molar-refractivity contribution >= 4 is 11.6 Å². The predicted molar refractivity (Wildman–Crippen MR) is 125 cm³/mol. The van der Waals surface area contributed by atoms with Crippen LogP contribution in [0.1, 0.15) is 5.56 Å². The number of rotatable bonds is 10. The van der Waals surface area contributed by atoms with E-state index in [4.69, 9.17) is 18.9 Å². The zero-order chi connectivity index (χ0) is 23.9. The molecule has 176 valence electrons. The maximum atomic E-state index is 12.2. The van der Waals surface area contributed by atoms with Gasteiger partial charge >= 0.3 is 0 Å². The summed E-state index contributed by atoms with van der Waals surface area (Å²) < 4.78 is 23.2. The lowest BCUT2D eigenvalue weighted by Gasteiger charge is -2.10. The van der Waals surface area contributed by atoms with Gasteiger partial charge in [0.15, 0.2) is 11.5 Å². The number of ether oxygens (including phenoxy) is 4. The van der Waals surface area contributed by atoms with Gasteiger partial charge in [-0.05, 0) is 35.9 Å². The highest BCUT2D eigenvalue weighted by Gasteiger charge is 2.16. The topological polar surface area (TPSA) is 109 Å². The second-order valence-corrected chi connectivity index (χ2v) is 7.25. The minimum absolute atomic E-state index is 0.0927. The molecular formula is C24H25N5O5. The molecule has 0 aliphatic carbocycles. The number of aromatic nitrogens is 4. The van der Waals surface area contributed by atoms with Crippen LogP contribution in [-0.2, 0) is 11.2 Å². The molecule has 2 aromatic heterocycles. The van der Waals surface area contributed by atoms with Crippen molar-refractivity contribution in [2.24, 2.45) is 0 Å². The molecule has 10 nitrogen and oxygen atoms in total. The molecule has 1 N–H and O–H groups in total. The molecular weight excluding hydrogens is 438 g/mol. The van der Waals surface area contributed by atoms with E-state index in [1.165, 1.54) is 0 Å². The van der Waals surface area contributed by atoms with Crippen LogP contribution in [0.5, 0.6) is 23.1 Å². The quantitative estimate of drug-likeness (QED) is 0.358. The third kappa shape index (κ3) is 5.17. The third-order valence-electron chi connectivity index (χ3n) is 5.09. The van der Waals surface area contributed by atoms with Gasteiger partial charge in [-0.25, -0.2) is 0 Å². The Balaban J connectivity index is 1.37. The Kier molecular flexibility index (Phi) is 7.07. The van der Waals surface area contributed by atoms with Gasteiger partial charge in [-0.3, -0.25) is 4.79 Å². The largest absolute Gasteiger partial charge is 0.497 e. The predicted octanol–water partition coefficient (Wildman–Crippen LogP) is 2.55. The first-order chi connectivity index (χ1) is 16.6. The summed E-state index contributed by atoms with van der Waals surface area (Å²) in [6, 6.07) is 16.3. The molecule has 4 rings (SSSR count). The molecule has 4 aromatic rings. The van der Waals surface area contributed by atoms with Crippen LogP contribution >= 0.6 is 0 Å². The molecule has 0 unspecified atom stereocenters. The Morgan fingerprint density at radius 1 is 0.912 bits per heavy atom. The summed E-state index contributed by atoms with van der Waals surface area (Å²) in [5.41, 5.74) is 2.18. The van der Waals surface area contributed by atoms with E-state index in [1.807, 2.05) is 36.4 Å². The fraction of sp³-hybridized carbons (Fsp3) is 0.250. The second-order valence-electron chi connectivity index (χ2n) is 7.25.